The van der Waals surface area contributed by atoms with Gasteiger partial charge in [0, 0.05) is 0 Å². The molecule has 0 radical (unpaired) electrons. The van der Waals surface area contributed by atoms with Crippen molar-refractivity contribution in [3.05, 3.63) is 64.7 Å². The highest BCUT2D eigenvalue weighted by molar-refractivity contribution is 5.42. The third kappa shape index (κ3) is 2.78. The number of ether oxygens (including phenoxy) is 1. The predicted molar refractivity (Wildman–Crippen MR) is 78.1 cm³/mol. The molecule has 2 aromatic rings. The summed E-state index contributed by atoms with van der Waals surface area (Å²) in [4.78, 5) is 0. The summed E-state index contributed by atoms with van der Waals surface area (Å²) in [6.07, 6.45) is 0. The molecule has 1 unspecified atom stereocenters. The first kappa shape index (κ1) is 13.6. The Morgan fingerprint density at radius 2 is 1.79 bits per heavy atom. The molecule has 0 saturated carbocycles. The third-order valence-corrected chi connectivity index (χ3v) is 3.43. The van der Waals surface area contributed by atoms with E-state index < -0.39 is 0 Å². The van der Waals surface area contributed by atoms with Crippen LogP contribution in [0.15, 0.2) is 42.5 Å². The molecule has 19 heavy (non-hydrogen) atoms. The number of hydrogen-bond donors (Lipinski definition) is 2. The molecule has 3 nitrogen and oxygen atoms in total. The zero-order valence-corrected chi connectivity index (χ0v) is 11.6. The zero-order chi connectivity index (χ0) is 13.8. The Bertz CT molecular complexity index is 566. The number of hydrazine groups is 1. The Kier molecular flexibility index (Phi) is 4.20. The quantitative estimate of drug-likeness (QED) is 0.653. The smallest absolute Gasteiger partial charge is 0.122 e. The molecule has 0 aliphatic heterocycles. The number of nitrogens with one attached hydrogen (secondary N) is 1. The molecule has 0 aromatic heterocycles. The van der Waals surface area contributed by atoms with Gasteiger partial charge in [0.2, 0.25) is 0 Å². The summed E-state index contributed by atoms with van der Waals surface area (Å²) in [7, 11) is 1.69. The molecule has 0 amide bonds. The molecule has 1 atom stereocenters. The molecule has 0 heterocycles. The molecule has 0 aliphatic rings. The van der Waals surface area contributed by atoms with Crippen molar-refractivity contribution >= 4 is 0 Å². The van der Waals surface area contributed by atoms with Crippen LogP contribution in [0, 0.1) is 13.8 Å². The molecule has 100 valence electrons. The van der Waals surface area contributed by atoms with Crippen LogP contribution >= 0.6 is 0 Å². The molecule has 0 bridgehead atoms. The highest BCUT2D eigenvalue weighted by atomic mass is 16.5. The lowest BCUT2D eigenvalue weighted by Gasteiger charge is -2.20. The summed E-state index contributed by atoms with van der Waals surface area (Å²) in [5.74, 6) is 6.63. The fourth-order valence-electron chi connectivity index (χ4n) is 2.29. The Morgan fingerprint density at radius 1 is 1.05 bits per heavy atom. The second-order valence-electron chi connectivity index (χ2n) is 4.69. The largest absolute Gasteiger partial charge is 0.496 e. The van der Waals surface area contributed by atoms with Gasteiger partial charge < -0.3 is 4.74 Å². The summed E-state index contributed by atoms with van der Waals surface area (Å²) >= 11 is 0. The molecule has 0 spiro atoms. The molecule has 3 N–H and O–H groups in total. The van der Waals surface area contributed by atoms with E-state index in [2.05, 4.69) is 36.6 Å². The van der Waals surface area contributed by atoms with Crippen LogP contribution in [-0.2, 0) is 0 Å². The number of hydrogen-bond acceptors (Lipinski definition) is 3. The van der Waals surface area contributed by atoms with Crippen LogP contribution in [0.5, 0.6) is 5.75 Å². The van der Waals surface area contributed by atoms with Crippen molar-refractivity contribution in [2.24, 2.45) is 5.84 Å². The SMILES string of the molecule is COc1cc(C(NN)c2ccccc2C)ccc1C. The van der Waals surface area contributed by atoms with Crippen molar-refractivity contribution in [1.82, 2.24) is 5.43 Å². The molecule has 0 saturated heterocycles. The summed E-state index contributed by atoms with van der Waals surface area (Å²) in [6, 6.07) is 14.4. The molecule has 3 heteroatoms. The lowest BCUT2D eigenvalue weighted by Crippen LogP contribution is -2.29. The number of methoxy groups -OCH3 is 1. The van der Waals surface area contributed by atoms with Crippen LogP contribution in [0.25, 0.3) is 0 Å². The Morgan fingerprint density at radius 3 is 2.42 bits per heavy atom. The summed E-state index contributed by atoms with van der Waals surface area (Å²) in [6.45, 7) is 4.12. The molecule has 0 fully saturated rings. The van der Waals surface area contributed by atoms with E-state index in [-0.39, 0.29) is 6.04 Å². The zero-order valence-electron chi connectivity index (χ0n) is 11.6. The van der Waals surface area contributed by atoms with E-state index in [1.807, 2.05) is 25.1 Å². The van der Waals surface area contributed by atoms with Crippen LogP contribution in [0.2, 0.25) is 0 Å². The van der Waals surface area contributed by atoms with E-state index in [9.17, 15) is 0 Å². The van der Waals surface area contributed by atoms with Crippen molar-refractivity contribution < 1.29 is 4.74 Å². The van der Waals surface area contributed by atoms with Gasteiger partial charge in [-0.25, -0.2) is 5.43 Å². The first-order valence-electron chi connectivity index (χ1n) is 6.33. The molecular formula is C16H20N2O. The van der Waals surface area contributed by atoms with Gasteiger partial charge in [0.15, 0.2) is 0 Å². The first-order chi connectivity index (χ1) is 9.17. The van der Waals surface area contributed by atoms with Gasteiger partial charge in [0.25, 0.3) is 0 Å². The Hall–Kier alpha value is -1.84. The monoisotopic (exact) mass is 256 g/mol. The number of nitrogens with two attached hydrogens (primary N) is 1. The average Bonchev–Trinajstić information content (AvgIpc) is 2.43. The second kappa shape index (κ2) is 5.87. The first-order valence-corrected chi connectivity index (χ1v) is 6.33. The maximum atomic E-state index is 5.74. The minimum absolute atomic E-state index is 0.0318. The van der Waals surface area contributed by atoms with Crippen molar-refractivity contribution in [2.45, 2.75) is 19.9 Å². The topological polar surface area (TPSA) is 47.3 Å². The Balaban J connectivity index is 2.45. The van der Waals surface area contributed by atoms with Crippen LogP contribution in [0.3, 0.4) is 0 Å². The molecule has 2 aromatic carbocycles. The van der Waals surface area contributed by atoms with Crippen molar-refractivity contribution in [3.8, 4) is 5.75 Å². The highest BCUT2D eigenvalue weighted by Crippen LogP contribution is 2.28. The maximum Gasteiger partial charge on any atom is 0.122 e. The van der Waals surface area contributed by atoms with Crippen LogP contribution in [-0.4, -0.2) is 7.11 Å². The summed E-state index contributed by atoms with van der Waals surface area (Å²) in [5.41, 5.74) is 7.49. The maximum absolute atomic E-state index is 5.74. The van der Waals surface area contributed by atoms with E-state index in [1.165, 1.54) is 11.1 Å². The van der Waals surface area contributed by atoms with Crippen molar-refractivity contribution in [3.63, 3.8) is 0 Å². The van der Waals surface area contributed by atoms with Gasteiger partial charge in [-0.2, -0.15) is 0 Å². The van der Waals surface area contributed by atoms with Crippen molar-refractivity contribution in [2.75, 3.05) is 7.11 Å². The second-order valence-corrected chi connectivity index (χ2v) is 4.69. The standard InChI is InChI=1S/C16H20N2O/c1-11-6-4-5-7-14(11)16(18-17)13-9-8-12(2)15(10-13)19-3/h4-10,16,18H,17H2,1-3H3. The van der Waals surface area contributed by atoms with Gasteiger partial charge in [-0.05, 0) is 42.2 Å². The minimum atomic E-state index is -0.0318. The minimum Gasteiger partial charge on any atom is -0.496 e. The fourth-order valence-corrected chi connectivity index (χ4v) is 2.29. The average molecular weight is 256 g/mol. The van der Waals surface area contributed by atoms with Crippen LogP contribution in [0.1, 0.15) is 28.3 Å². The van der Waals surface area contributed by atoms with Crippen LogP contribution < -0.4 is 16.0 Å². The van der Waals surface area contributed by atoms with Gasteiger partial charge in [-0.1, -0.05) is 36.4 Å². The van der Waals surface area contributed by atoms with Gasteiger partial charge in [0.1, 0.15) is 5.75 Å². The van der Waals surface area contributed by atoms with E-state index in [0.29, 0.717) is 0 Å². The van der Waals surface area contributed by atoms with Gasteiger partial charge >= 0.3 is 0 Å². The number of rotatable bonds is 4. The van der Waals surface area contributed by atoms with Gasteiger partial charge in [-0.3, -0.25) is 5.84 Å². The van der Waals surface area contributed by atoms with Gasteiger partial charge in [-0.15, -0.1) is 0 Å². The predicted octanol–water partition coefficient (Wildman–Crippen LogP) is 2.86. The lowest BCUT2D eigenvalue weighted by atomic mass is 9.94. The lowest BCUT2D eigenvalue weighted by molar-refractivity contribution is 0.410. The number of benzene rings is 2. The third-order valence-electron chi connectivity index (χ3n) is 3.43. The van der Waals surface area contributed by atoms with Crippen LogP contribution in [0.4, 0.5) is 0 Å². The van der Waals surface area contributed by atoms with E-state index >= 15 is 0 Å². The summed E-state index contributed by atoms with van der Waals surface area (Å²) < 4.78 is 5.38. The van der Waals surface area contributed by atoms with Crippen molar-refractivity contribution in [1.29, 1.82) is 0 Å². The van der Waals surface area contributed by atoms with E-state index in [4.69, 9.17) is 10.6 Å². The van der Waals surface area contributed by atoms with E-state index in [1.54, 1.807) is 7.11 Å². The highest BCUT2D eigenvalue weighted by Gasteiger charge is 2.15. The molecule has 2 rings (SSSR count). The van der Waals surface area contributed by atoms with Gasteiger partial charge in [0.05, 0.1) is 13.2 Å². The fraction of sp³-hybridized carbons (Fsp3) is 0.250. The molecule has 0 aliphatic carbocycles. The van der Waals surface area contributed by atoms with E-state index in [0.717, 1.165) is 16.9 Å². The normalized spacial score (nSPS) is 12.2. The Labute approximate surface area is 114 Å². The number of aryl methyl sites for hydroxylation is 2. The molecular weight excluding hydrogens is 236 g/mol. The summed E-state index contributed by atoms with van der Waals surface area (Å²) in [5, 5.41) is 0.